The number of nitrogens with zero attached hydrogens (tertiary/aromatic N) is 3. The monoisotopic (exact) mass is 343 g/mol. The van der Waals surface area contributed by atoms with Crippen molar-refractivity contribution in [2.24, 2.45) is 0 Å². The lowest BCUT2D eigenvalue weighted by atomic mass is 9.78. The summed E-state index contributed by atoms with van der Waals surface area (Å²) in [6.07, 6.45) is 3.38. The number of aromatic nitrogens is 3. The van der Waals surface area contributed by atoms with Gasteiger partial charge in [-0.15, -0.1) is 11.3 Å². The third kappa shape index (κ3) is 2.70. The Balaban J connectivity index is 1.67. The quantitative estimate of drug-likeness (QED) is 0.728. The molecule has 1 saturated heterocycles. The molecule has 3 aromatic rings. The number of ether oxygens (including phenoxy) is 1. The zero-order valence-corrected chi connectivity index (χ0v) is 13.9. The van der Waals surface area contributed by atoms with Gasteiger partial charge in [-0.05, 0) is 30.4 Å². The molecule has 0 spiro atoms. The van der Waals surface area contributed by atoms with Crippen LogP contribution in [-0.2, 0) is 16.7 Å². The molecule has 6 nitrogen and oxygen atoms in total. The second-order valence-corrected chi connectivity index (χ2v) is 6.80. The summed E-state index contributed by atoms with van der Waals surface area (Å²) in [5.41, 5.74) is -0.341. The highest BCUT2D eigenvalue weighted by molar-refractivity contribution is 7.10. The third-order valence-corrected chi connectivity index (χ3v) is 5.51. The first-order chi connectivity index (χ1) is 11.8. The van der Waals surface area contributed by atoms with E-state index in [0.29, 0.717) is 24.9 Å². The maximum atomic E-state index is 11.8. The lowest BCUT2D eigenvalue weighted by Crippen LogP contribution is -2.35. The molecular formula is C17H17N3O3S. The van der Waals surface area contributed by atoms with E-state index in [2.05, 4.69) is 21.6 Å². The van der Waals surface area contributed by atoms with E-state index in [9.17, 15) is 4.79 Å². The van der Waals surface area contributed by atoms with Crippen molar-refractivity contribution in [1.82, 2.24) is 14.7 Å². The average Bonchev–Trinajstić information content (AvgIpc) is 3.30. The molecule has 0 radical (unpaired) electrons. The molecule has 1 aliphatic heterocycles. The summed E-state index contributed by atoms with van der Waals surface area (Å²) in [6.45, 7) is 1.64. The van der Waals surface area contributed by atoms with Crippen LogP contribution in [0.3, 0.4) is 0 Å². The van der Waals surface area contributed by atoms with Crippen LogP contribution in [0.4, 0.5) is 0 Å². The third-order valence-electron chi connectivity index (χ3n) is 4.44. The first-order valence-electron chi connectivity index (χ1n) is 7.88. The summed E-state index contributed by atoms with van der Waals surface area (Å²) < 4.78 is 12.5. The van der Waals surface area contributed by atoms with Crippen LogP contribution in [0.5, 0.6) is 0 Å². The van der Waals surface area contributed by atoms with Crippen LogP contribution in [0.1, 0.15) is 29.4 Å². The standard InChI is InChI=1S/C17H17N3O3S/c21-15-5-1-2-8-20(15)12-14-18-16(19-23-14)17(6-9-22-10-7-17)13-4-3-11-24-13/h1-5,8,11H,6-7,9-10,12H2. The Kier molecular flexibility index (Phi) is 4.03. The summed E-state index contributed by atoms with van der Waals surface area (Å²) >= 11 is 1.71. The summed E-state index contributed by atoms with van der Waals surface area (Å²) in [5, 5.41) is 6.31. The van der Waals surface area contributed by atoms with E-state index < -0.39 is 0 Å². The molecule has 4 heterocycles. The van der Waals surface area contributed by atoms with Crippen LogP contribution in [0.2, 0.25) is 0 Å². The van der Waals surface area contributed by atoms with Crippen molar-refractivity contribution >= 4 is 11.3 Å². The number of rotatable bonds is 4. The van der Waals surface area contributed by atoms with Gasteiger partial charge < -0.3 is 13.8 Å². The van der Waals surface area contributed by atoms with Crippen molar-refractivity contribution in [2.45, 2.75) is 24.8 Å². The van der Waals surface area contributed by atoms with Crippen LogP contribution < -0.4 is 5.56 Å². The first-order valence-corrected chi connectivity index (χ1v) is 8.76. The average molecular weight is 343 g/mol. The van der Waals surface area contributed by atoms with Gasteiger partial charge in [-0.1, -0.05) is 17.3 Å². The first kappa shape index (κ1) is 15.3. The van der Waals surface area contributed by atoms with Gasteiger partial charge in [-0.2, -0.15) is 4.98 Å². The van der Waals surface area contributed by atoms with Crippen LogP contribution >= 0.6 is 11.3 Å². The molecule has 1 fully saturated rings. The van der Waals surface area contributed by atoms with E-state index in [0.717, 1.165) is 12.8 Å². The van der Waals surface area contributed by atoms with Crippen molar-refractivity contribution in [3.8, 4) is 0 Å². The van der Waals surface area contributed by atoms with Crippen molar-refractivity contribution in [2.75, 3.05) is 13.2 Å². The van der Waals surface area contributed by atoms with Gasteiger partial charge in [-0.3, -0.25) is 4.79 Å². The largest absolute Gasteiger partial charge is 0.381 e. The Morgan fingerprint density at radius 2 is 2.08 bits per heavy atom. The molecule has 0 saturated carbocycles. The Morgan fingerprint density at radius 3 is 2.83 bits per heavy atom. The van der Waals surface area contributed by atoms with Gasteiger partial charge in [0, 0.05) is 30.4 Å². The van der Waals surface area contributed by atoms with Crippen molar-refractivity contribution in [3.63, 3.8) is 0 Å². The van der Waals surface area contributed by atoms with Crippen molar-refractivity contribution < 1.29 is 9.26 Å². The molecule has 0 aromatic carbocycles. The molecule has 24 heavy (non-hydrogen) atoms. The Hall–Kier alpha value is -2.25. The summed E-state index contributed by atoms with van der Waals surface area (Å²) in [7, 11) is 0. The molecule has 0 aliphatic carbocycles. The van der Waals surface area contributed by atoms with Crippen molar-refractivity contribution in [3.05, 3.63) is 68.9 Å². The maximum absolute atomic E-state index is 11.8. The highest BCUT2D eigenvalue weighted by Crippen LogP contribution is 2.41. The van der Waals surface area contributed by atoms with E-state index in [1.807, 2.05) is 12.1 Å². The fourth-order valence-electron chi connectivity index (χ4n) is 3.10. The van der Waals surface area contributed by atoms with E-state index in [1.165, 1.54) is 10.9 Å². The van der Waals surface area contributed by atoms with Gasteiger partial charge in [0.25, 0.3) is 5.56 Å². The number of pyridine rings is 1. The van der Waals surface area contributed by atoms with Gasteiger partial charge in [0.1, 0.15) is 6.54 Å². The normalized spacial score (nSPS) is 17.0. The number of hydrogen-bond donors (Lipinski definition) is 0. The molecule has 124 valence electrons. The fourth-order valence-corrected chi connectivity index (χ4v) is 4.08. The predicted octanol–water partition coefficient (Wildman–Crippen LogP) is 2.44. The van der Waals surface area contributed by atoms with E-state index >= 15 is 0 Å². The summed E-state index contributed by atoms with van der Waals surface area (Å²) in [6, 6.07) is 9.20. The summed E-state index contributed by atoms with van der Waals surface area (Å²) in [4.78, 5) is 17.7. The van der Waals surface area contributed by atoms with Gasteiger partial charge in [-0.25, -0.2) is 0 Å². The fraction of sp³-hybridized carbons (Fsp3) is 0.353. The van der Waals surface area contributed by atoms with Crippen LogP contribution in [0.25, 0.3) is 0 Å². The smallest absolute Gasteiger partial charge is 0.250 e. The topological polar surface area (TPSA) is 70.2 Å². The number of hydrogen-bond acceptors (Lipinski definition) is 6. The van der Waals surface area contributed by atoms with Crippen LogP contribution in [0.15, 0.2) is 51.2 Å². The predicted molar refractivity (Wildman–Crippen MR) is 89.3 cm³/mol. The molecule has 1 aliphatic rings. The molecule has 0 bridgehead atoms. The van der Waals surface area contributed by atoms with Gasteiger partial charge in [0.05, 0.1) is 5.41 Å². The second kappa shape index (κ2) is 6.33. The molecule has 3 aromatic heterocycles. The molecule has 0 unspecified atom stereocenters. The molecule has 0 amide bonds. The minimum atomic E-state index is -0.254. The zero-order valence-electron chi connectivity index (χ0n) is 13.1. The molecule has 0 N–H and O–H groups in total. The van der Waals surface area contributed by atoms with Gasteiger partial charge >= 0.3 is 0 Å². The van der Waals surface area contributed by atoms with Crippen LogP contribution in [-0.4, -0.2) is 27.9 Å². The minimum Gasteiger partial charge on any atom is -0.381 e. The highest BCUT2D eigenvalue weighted by Gasteiger charge is 2.41. The minimum absolute atomic E-state index is 0.0868. The Bertz CT molecular complexity index is 863. The Morgan fingerprint density at radius 1 is 1.21 bits per heavy atom. The van der Waals surface area contributed by atoms with E-state index in [4.69, 9.17) is 9.26 Å². The molecule has 0 atom stereocenters. The molecule has 4 rings (SSSR count). The van der Waals surface area contributed by atoms with Gasteiger partial charge in [0.2, 0.25) is 5.89 Å². The summed E-state index contributed by atoms with van der Waals surface area (Å²) in [5.74, 6) is 1.13. The van der Waals surface area contributed by atoms with Crippen LogP contribution in [0, 0.1) is 0 Å². The maximum Gasteiger partial charge on any atom is 0.250 e. The van der Waals surface area contributed by atoms with Gasteiger partial charge in [0.15, 0.2) is 5.82 Å². The lowest BCUT2D eigenvalue weighted by molar-refractivity contribution is 0.0608. The van der Waals surface area contributed by atoms with E-state index in [-0.39, 0.29) is 17.5 Å². The lowest BCUT2D eigenvalue weighted by Gasteiger charge is -2.33. The zero-order chi connectivity index (χ0) is 16.4. The molecular weight excluding hydrogens is 326 g/mol. The van der Waals surface area contributed by atoms with E-state index in [1.54, 1.807) is 28.2 Å². The highest BCUT2D eigenvalue weighted by atomic mass is 32.1. The SMILES string of the molecule is O=c1ccccn1Cc1nc(C2(c3cccs3)CCOCC2)no1. The van der Waals surface area contributed by atoms with Crippen molar-refractivity contribution in [1.29, 1.82) is 0 Å². The Labute approximate surface area is 142 Å². The number of thiophene rings is 1. The second-order valence-electron chi connectivity index (χ2n) is 5.85. The molecule has 7 heteroatoms.